The van der Waals surface area contributed by atoms with E-state index in [1.807, 2.05) is 25.1 Å². The van der Waals surface area contributed by atoms with Crippen LogP contribution in [0.3, 0.4) is 0 Å². The number of aryl methyl sites for hydroxylation is 1. The van der Waals surface area contributed by atoms with E-state index in [9.17, 15) is 9.59 Å². The molecule has 4 rings (SSSR count). The highest BCUT2D eigenvalue weighted by Crippen LogP contribution is 2.44. The number of carbonyl (C=O) groups is 2. The molecule has 30 heavy (non-hydrogen) atoms. The third kappa shape index (κ3) is 4.35. The number of rotatable bonds is 4. The summed E-state index contributed by atoms with van der Waals surface area (Å²) in [7, 11) is 0. The number of amides is 2. The first-order valence-electron chi connectivity index (χ1n) is 10.0. The molecule has 3 fully saturated rings. The molecule has 2 amide bonds. The van der Waals surface area contributed by atoms with Crippen LogP contribution in [-0.4, -0.2) is 60.6 Å². The van der Waals surface area contributed by atoms with Gasteiger partial charge in [0.1, 0.15) is 18.3 Å². The molecule has 3 aliphatic rings. The fourth-order valence-electron chi connectivity index (χ4n) is 4.02. The van der Waals surface area contributed by atoms with E-state index in [0.717, 1.165) is 5.56 Å². The molecular weight excluding hydrogens is 392 g/mol. The molecule has 164 valence electrons. The van der Waals surface area contributed by atoms with Crippen LogP contribution in [0, 0.1) is 6.92 Å². The van der Waals surface area contributed by atoms with Gasteiger partial charge in [-0.15, -0.1) is 0 Å². The number of anilines is 1. The SMILES string of the molecule is Cc1cccc(NC(=O)CNC(=O)C2O[C@@H]3OC(C)(C)O[C@@H]3[C@H]3OC(C)(C)O[C@@H]23)c1. The summed E-state index contributed by atoms with van der Waals surface area (Å²) in [6.45, 7) is 8.82. The fourth-order valence-corrected chi connectivity index (χ4v) is 4.02. The molecule has 0 aliphatic carbocycles. The van der Waals surface area contributed by atoms with Crippen LogP contribution in [-0.2, 0) is 33.3 Å². The summed E-state index contributed by atoms with van der Waals surface area (Å²) >= 11 is 0. The van der Waals surface area contributed by atoms with Crippen molar-refractivity contribution in [3.8, 4) is 0 Å². The highest BCUT2D eigenvalue weighted by Gasteiger charge is 2.62. The molecule has 9 nitrogen and oxygen atoms in total. The fraction of sp³-hybridized carbons (Fsp3) is 0.619. The van der Waals surface area contributed by atoms with Gasteiger partial charge in [0.05, 0.1) is 6.54 Å². The van der Waals surface area contributed by atoms with E-state index >= 15 is 0 Å². The van der Waals surface area contributed by atoms with Crippen molar-refractivity contribution in [1.29, 1.82) is 0 Å². The van der Waals surface area contributed by atoms with Crippen LogP contribution in [0.25, 0.3) is 0 Å². The summed E-state index contributed by atoms with van der Waals surface area (Å²) in [6.07, 6.45) is -3.49. The number of benzene rings is 1. The lowest BCUT2D eigenvalue weighted by atomic mass is 9.98. The Morgan fingerprint density at radius 3 is 2.37 bits per heavy atom. The lowest BCUT2D eigenvalue weighted by Crippen LogP contribution is -2.59. The van der Waals surface area contributed by atoms with Crippen LogP contribution in [0.1, 0.15) is 33.3 Å². The second-order valence-electron chi connectivity index (χ2n) is 8.73. The van der Waals surface area contributed by atoms with E-state index < -0.39 is 48.2 Å². The molecule has 1 aromatic carbocycles. The largest absolute Gasteiger partial charge is 0.345 e. The molecule has 1 aromatic rings. The van der Waals surface area contributed by atoms with Gasteiger partial charge >= 0.3 is 0 Å². The number of ether oxygens (including phenoxy) is 5. The number of hydrogen-bond acceptors (Lipinski definition) is 7. The number of fused-ring (bicyclic) bond motifs is 3. The van der Waals surface area contributed by atoms with Crippen molar-refractivity contribution in [3.05, 3.63) is 29.8 Å². The molecule has 1 unspecified atom stereocenters. The second kappa shape index (κ2) is 7.58. The Kier molecular flexibility index (Phi) is 5.36. The van der Waals surface area contributed by atoms with E-state index in [-0.39, 0.29) is 12.5 Å². The molecule has 3 aliphatic heterocycles. The third-order valence-electron chi connectivity index (χ3n) is 5.14. The minimum absolute atomic E-state index is 0.203. The zero-order valence-corrected chi connectivity index (χ0v) is 17.8. The Morgan fingerprint density at radius 1 is 0.967 bits per heavy atom. The maximum absolute atomic E-state index is 12.9. The van der Waals surface area contributed by atoms with Crippen molar-refractivity contribution in [3.63, 3.8) is 0 Å². The van der Waals surface area contributed by atoms with E-state index in [0.29, 0.717) is 5.69 Å². The minimum atomic E-state index is -0.998. The summed E-state index contributed by atoms with van der Waals surface area (Å²) in [5.74, 6) is -2.58. The lowest BCUT2D eigenvalue weighted by Gasteiger charge is -2.36. The molecule has 9 heteroatoms. The molecule has 3 heterocycles. The van der Waals surface area contributed by atoms with Crippen molar-refractivity contribution in [2.24, 2.45) is 0 Å². The van der Waals surface area contributed by atoms with Crippen molar-refractivity contribution >= 4 is 17.5 Å². The van der Waals surface area contributed by atoms with Crippen LogP contribution >= 0.6 is 0 Å². The highest BCUT2D eigenvalue weighted by molar-refractivity contribution is 5.95. The Balaban J connectivity index is 1.41. The van der Waals surface area contributed by atoms with Gasteiger partial charge in [0.2, 0.25) is 5.91 Å². The number of nitrogens with one attached hydrogen (secondary N) is 2. The van der Waals surface area contributed by atoms with Gasteiger partial charge in [0, 0.05) is 5.69 Å². The maximum Gasteiger partial charge on any atom is 0.252 e. The van der Waals surface area contributed by atoms with E-state index in [2.05, 4.69) is 10.6 Å². The van der Waals surface area contributed by atoms with Gasteiger partial charge in [-0.3, -0.25) is 9.59 Å². The Hall–Kier alpha value is -2.04. The summed E-state index contributed by atoms with van der Waals surface area (Å²) in [4.78, 5) is 25.1. The van der Waals surface area contributed by atoms with Crippen molar-refractivity contribution in [2.45, 2.75) is 76.9 Å². The average molecular weight is 420 g/mol. The van der Waals surface area contributed by atoms with Gasteiger partial charge in [0.15, 0.2) is 24.0 Å². The van der Waals surface area contributed by atoms with Crippen molar-refractivity contribution < 1.29 is 33.3 Å². The summed E-state index contributed by atoms with van der Waals surface area (Å²) in [5.41, 5.74) is 1.69. The first-order valence-corrected chi connectivity index (χ1v) is 10.0. The average Bonchev–Trinajstić information content (AvgIpc) is 3.12. The minimum Gasteiger partial charge on any atom is -0.345 e. The molecule has 0 saturated carbocycles. The normalized spacial score (nSPS) is 33.4. The molecule has 0 aromatic heterocycles. The molecule has 0 bridgehead atoms. The third-order valence-corrected chi connectivity index (χ3v) is 5.14. The van der Waals surface area contributed by atoms with Gasteiger partial charge in [-0.1, -0.05) is 12.1 Å². The van der Waals surface area contributed by atoms with Gasteiger partial charge in [-0.2, -0.15) is 0 Å². The quantitative estimate of drug-likeness (QED) is 0.760. The molecular formula is C21H28N2O7. The van der Waals surface area contributed by atoms with Crippen LogP contribution in [0.15, 0.2) is 24.3 Å². The maximum atomic E-state index is 12.9. The number of hydrogen-bond donors (Lipinski definition) is 2. The lowest BCUT2D eigenvalue weighted by molar-refractivity contribution is -0.231. The molecule has 2 N–H and O–H groups in total. The van der Waals surface area contributed by atoms with E-state index in [4.69, 9.17) is 23.7 Å². The first kappa shape index (κ1) is 21.2. The first-order chi connectivity index (χ1) is 14.0. The monoisotopic (exact) mass is 420 g/mol. The summed E-state index contributed by atoms with van der Waals surface area (Å²) in [6, 6.07) is 7.41. The van der Waals surface area contributed by atoms with Crippen molar-refractivity contribution in [1.82, 2.24) is 5.32 Å². The van der Waals surface area contributed by atoms with Crippen LogP contribution in [0.2, 0.25) is 0 Å². The zero-order chi connectivity index (χ0) is 21.7. The highest BCUT2D eigenvalue weighted by atomic mass is 16.9. The second-order valence-corrected chi connectivity index (χ2v) is 8.73. The van der Waals surface area contributed by atoms with Crippen LogP contribution in [0.4, 0.5) is 5.69 Å². The molecule has 5 atom stereocenters. The molecule has 0 spiro atoms. The van der Waals surface area contributed by atoms with E-state index in [1.54, 1.807) is 33.8 Å². The standard InChI is InChI=1S/C21H28N2O7/c1-11-7-6-8-12(9-11)23-13(24)10-22-18(25)16-14-15(28-20(2,3)27-14)17-19(26-16)30-21(4,5)29-17/h6-9,14-17,19H,10H2,1-5H3,(H,22,25)(H,23,24)/t14-,15+,16?,17-,19-/m1/s1. The zero-order valence-electron chi connectivity index (χ0n) is 17.8. The molecule has 0 radical (unpaired) electrons. The predicted octanol–water partition coefficient (Wildman–Crippen LogP) is 1.45. The van der Waals surface area contributed by atoms with Crippen molar-refractivity contribution in [2.75, 3.05) is 11.9 Å². The topological polar surface area (TPSA) is 104 Å². The van der Waals surface area contributed by atoms with Gasteiger partial charge in [-0.25, -0.2) is 0 Å². The summed E-state index contributed by atoms with van der Waals surface area (Å²) < 4.78 is 29.5. The molecule has 3 saturated heterocycles. The smallest absolute Gasteiger partial charge is 0.252 e. The van der Waals surface area contributed by atoms with Gasteiger partial charge in [0.25, 0.3) is 5.91 Å². The van der Waals surface area contributed by atoms with E-state index in [1.165, 1.54) is 0 Å². The Morgan fingerprint density at radius 2 is 1.63 bits per heavy atom. The van der Waals surface area contributed by atoms with Crippen LogP contribution < -0.4 is 10.6 Å². The van der Waals surface area contributed by atoms with Crippen LogP contribution in [0.5, 0.6) is 0 Å². The number of carbonyl (C=O) groups excluding carboxylic acids is 2. The van der Waals surface area contributed by atoms with Gasteiger partial charge in [-0.05, 0) is 52.3 Å². The summed E-state index contributed by atoms with van der Waals surface area (Å²) in [5, 5.41) is 5.37. The predicted molar refractivity (Wildman–Crippen MR) is 105 cm³/mol. The Bertz CT molecular complexity index is 840. The van der Waals surface area contributed by atoms with Gasteiger partial charge < -0.3 is 34.3 Å². The Labute approximate surface area is 175 Å².